The zero-order chi connectivity index (χ0) is 14.1. The van der Waals surface area contributed by atoms with Gasteiger partial charge in [0.05, 0.1) is 0 Å². The van der Waals surface area contributed by atoms with Crippen molar-refractivity contribution in [1.82, 2.24) is 4.98 Å². The van der Waals surface area contributed by atoms with Gasteiger partial charge in [0.1, 0.15) is 11.5 Å². The summed E-state index contributed by atoms with van der Waals surface area (Å²) in [5, 5.41) is 11.6. The van der Waals surface area contributed by atoms with Crippen LogP contribution >= 0.6 is 0 Å². The van der Waals surface area contributed by atoms with E-state index < -0.39 is 0 Å². The number of aromatic nitrogens is 1. The third kappa shape index (κ3) is 2.05. The first-order chi connectivity index (χ1) is 9.69. The van der Waals surface area contributed by atoms with Crippen LogP contribution in [0.3, 0.4) is 0 Å². The van der Waals surface area contributed by atoms with Crippen molar-refractivity contribution in [3.8, 4) is 0 Å². The van der Waals surface area contributed by atoms with Gasteiger partial charge in [-0.25, -0.2) is 4.39 Å². The van der Waals surface area contributed by atoms with Crippen LogP contribution in [0.1, 0.15) is 11.3 Å². The Balaban J connectivity index is 2.02. The van der Waals surface area contributed by atoms with Crippen LogP contribution in [0.25, 0.3) is 0 Å². The molecule has 1 aliphatic heterocycles. The van der Waals surface area contributed by atoms with Crippen molar-refractivity contribution < 1.29 is 9.60 Å². The van der Waals surface area contributed by atoms with Crippen LogP contribution in [0.15, 0.2) is 41.7 Å². The van der Waals surface area contributed by atoms with Crippen LogP contribution in [-0.2, 0) is 6.42 Å². The summed E-state index contributed by atoms with van der Waals surface area (Å²) < 4.78 is 13.4. The van der Waals surface area contributed by atoms with E-state index in [0.29, 0.717) is 5.69 Å². The van der Waals surface area contributed by atoms with Gasteiger partial charge in [0.25, 0.3) is 0 Å². The number of hydrogen-bond donors (Lipinski definition) is 2. The average molecular weight is 272 g/mol. The lowest BCUT2D eigenvalue weighted by Gasteiger charge is -2.19. The van der Waals surface area contributed by atoms with Crippen LogP contribution in [-0.4, -0.2) is 22.6 Å². The number of amidine groups is 1. The standard InChI is InChI=1S/C14H13FN4O/c15-10-2-1-9-4-6-19(13(9)7-10)11-3-5-17-12(8-11)14(16)18-20/h1-3,5,7-8,20H,4,6H2,(H2,16,18). The number of oxime groups is 1. The second-order valence-corrected chi connectivity index (χ2v) is 4.56. The lowest BCUT2D eigenvalue weighted by molar-refractivity contribution is 0.318. The van der Waals surface area contributed by atoms with Gasteiger partial charge in [-0.3, -0.25) is 4.98 Å². The summed E-state index contributed by atoms with van der Waals surface area (Å²) in [5.74, 6) is -0.313. The molecule has 0 saturated heterocycles. The largest absolute Gasteiger partial charge is 0.409 e. The molecule has 3 rings (SSSR count). The Kier molecular flexibility index (Phi) is 2.98. The predicted molar refractivity (Wildman–Crippen MR) is 73.9 cm³/mol. The van der Waals surface area contributed by atoms with Crippen LogP contribution in [0.5, 0.6) is 0 Å². The SMILES string of the molecule is N/C(=N/O)c1cc(N2CCc3ccc(F)cc32)ccn1. The summed E-state index contributed by atoms with van der Waals surface area (Å²) in [6.07, 6.45) is 2.44. The fourth-order valence-corrected chi connectivity index (χ4v) is 2.40. The minimum atomic E-state index is -0.263. The molecular formula is C14H13FN4O. The van der Waals surface area contributed by atoms with Crippen molar-refractivity contribution in [2.75, 3.05) is 11.4 Å². The van der Waals surface area contributed by atoms with Crippen molar-refractivity contribution in [2.45, 2.75) is 6.42 Å². The second kappa shape index (κ2) is 4.80. The van der Waals surface area contributed by atoms with Gasteiger partial charge in [0.15, 0.2) is 5.84 Å². The summed E-state index contributed by atoms with van der Waals surface area (Å²) in [6.45, 7) is 0.762. The number of nitrogens with two attached hydrogens (primary N) is 1. The molecule has 2 heterocycles. The molecule has 3 N–H and O–H groups in total. The van der Waals surface area contributed by atoms with Gasteiger partial charge >= 0.3 is 0 Å². The number of rotatable bonds is 2. The number of pyridine rings is 1. The molecule has 5 nitrogen and oxygen atoms in total. The fourth-order valence-electron chi connectivity index (χ4n) is 2.40. The number of fused-ring (bicyclic) bond motifs is 1. The maximum Gasteiger partial charge on any atom is 0.188 e. The molecule has 20 heavy (non-hydrogen) atoms. The molecule has 1 aliphatic rings. The van der Waals surface area contributed by atoms with E-state index in [1.807, 2.05) is 11.0 Å². The lowest BCUT2D eigenvalue weighted by atomic mass is 10.1. The monoisotopic (exact) mass is 272 g/mol. The van der Waals surface area contributed by atoms with Crippen molar-refractivity contribution in [2.24, 2.45) is 10.9 Å². The summed E-state index contributed by atoms with van der Waals surface area (Å²) in [4.78, 5) is 6.03. The predicted octanol–water partition coefficient (Wildman–Crippen LogP) is 2.01. The van der Waals surface area contributed by atoms with Gasteiger partial charge in [0.2, 0.25) is 0 Å². The molecule has 0 unspecified atom stereocenters. The highest BCUT2D eigenvalue weighted by atomic mass is 19.1. The second-order valence-electron chi connectivity index (χ2n) is 4.56. The Morgan fingerprint density at radius 2 is 2.20 bits per heavy atom. The van der Waals surface area contributed by atoms with E-state index >= 15 is 0 Å². The molecule has 0 atom stereocenters. The normalized spacial score (nSPS) is 14.4. The van der Waals surface area contributed by atoms with E-state index in [9.17, 15) is 4.39 Å². The first kappa shape index (κ1) is 12.4. The Hall–Kier alpha value is -2.63. The molecule has 2 aromatic rings. The number of anilines is 2. The molecule has 0 bridgehead atoms. The first-order valence-corrected chi connectivity index (χ1v) is 6.19. The zero-order valence-electron chi connectivity index (χ0n) is 10.6. The van der Waals surface area contributed by atoms with Crippen molar-refractivity contribution >= 4 is 17.2 Å². The maximum absolute atomic E-state index is 13.4. The van der Waals surface area contributed by atoms with Crippen LogP contribution < -0.4 is 10.6 Å². The minimum absolute atomic E-state index is 0.0505. The molecule has 6 heteroatoms. The van der Waals surface area contributed by atoms with Gasteiger partial charge in [-0.2, -0.15) is 0 Å². The molecule has 102 valence electrons. The summed E-state index contributed by atoms with van der Waals surface area (Å²) in [5.41, 5.74) is 8.72. The lowest BCUT2D eigenvalue weighted by Crippen LogP contribution is -2.18. The summed E-state index contributed by atoms with van der Waals surface area (Å²) >= 11 is 0. The van der Waals surface area contributed by atoms with Crippen LogP contribution in [0.2, 0.25) is 0 Å². The number of nitrogens with zero attached hydrogens (tertiary/aromatic N) is 3. The zero-order valence-corrected chi connectivity index (χ0v) is 10.6. The van der Waals surface area contributed by atoms with Crippen molar-refractivity contribution in [3.05, 3.63) is 53.6 Å². The van der Waals surface area contributed by atoms with Crippen LogP contribution in [0.4, 0.5) is 15.8 Å². The molecule has 0 fully saturated rings. The van der Waals surface area contributed by atoms with Gasteiger partial charge < -0.3 is 15.8 Å². The number of hydrogen-bond acceptors (Lipinski definition) is 4. The highest BCUT2D eigenvalue weighted by Gasteiger charge is 2.21. The third-order valence-corrected chi connectivity index (χ3v) is 3.37. The minimum Gasteiger partial charge on any atom is -0.409 e. The highest BCUT2D eigenvalue weighted by Crippen LogP contribution is 2.34. The van der Waals surface area contributed by atoms with E-state index in [-0.39, 0.29) is 11.7 Å². The van der Waals surface area contributed by atoms with E-state index in [4.69, 9.17) is 10.9 Å². The molecule has 0 amide bonds. The van der Waals surface area contributed by atoms with E-state index in [1.54, 1.807) is 18.3 Å². The molecule has 0 radical (unpaired) electrons. The van der Waals surface area contributed by atoms with E-state index in [0.717, 1.165) is 29.9 Å². The Morgan fingerprint density at radius 1 is 1.35 bits per heavy atom. The van der Waals surface area contributed by atoms with Crippen molar-refractivity contribution in [1.29, 1.82) is 0 Å². The fraction of sp³-hybridized carbons (Fsp3) is 0.143. The molecule has 0 aliphatic carbocycles. The Morgan fingerprint density at radius 3 is 3.00 bits per heavy atom. The summed E-state index contributed by atoms with van der Waals surface area (Å²) in [7, 11) is 0. The Bertz CT molecular complexity index is 687. The van der Waals surface area contributed by atoms with Crippen molar-refractivity contribution in [3.63, 3.8) is 0 Å². The highest BCUT2D eigenvalue weighted by molar-refractivity contribution is 5.96. The summed E-state index contributed by atoms with van der Waals surface area (Å²) in [6, 6.07) is 8.32. The Labute approximate surface area is 115 Å². The quantitative estimate of drug-likeness (QED) is 0.379. The first-order valence-electron chi connectivity index (χ1n) is 6.19. The van der Waals surface area contributed by atoms with Gasteiger partial charge in [-0.15, -0.1) is 0 Å². The average Bonchev–Trinajstić information content (AvgIpc) is 2.89. The molecule has 1 aromatic carbocycles. The topological polar surface area (TPSA) is 74.7 Å². The van der Waals surface area contributed by atoms with E-state index in [1.165, 1.54) is 12.1 Å². The number of halogens is 1. The maximum atomic E-state index is 13.4. The van der Waals surface area contributed by atoms with Gasteiger partial charge in [-0.05, 0) is 36.2 Å². The third-order valence-electron chi connectivity index (χ3n) is 3.37. The van der Waals surface area contributed by atoms with Gasteiger partial charge in [0, 0.05) is 24.1 Å². The molecule has 0 saturated carbocycles. The van der Waals surface area contributed by atoms with Crippen LogP contribution in [0, 0.1) is 5.82 Å². The number of benzene rings is 1. The van der Waals surface area contributed by atoms with E-state index in [2.05, 4.69) is 10.1 Å². The molecule has 0 spiro atoms. The molecular weight excluding hydrogens is 259 g/mol. The molecule has 1 aromatic heterocycles. The van der Waals surface area contributed by atoms with Gasteiger partial charge in [-0.1, -0.05) is 11.2 Å². The smallest absolute Gasteiger partial charge is 0.188 e.